The zero-order chi connectivity index (χ0) is 11.8. The van der Waals surface area contributed by atoms with E-state index in [0.29, 0.717) is 6.61 Å². The number of carbonyl (C=O) groups is 1. The highest BCUT2D eigenvalue weighted by molar-refractivity contribution is 5.67. The Kier molecular flexibility index (Phi) is 6.23. The first kappa shape index (κ1) is 13.3. The second-order valence-electron chi connectivity index (χ2n) is 4.53. The minimum atomic E-state index is -0.148. The van der Waals surface area contributed by atoms with Gasteiger partial charge in [0.1, 0.15) is 6.61 Å². The third kappa shape index (κ3) is 4.84. The smallest absolute Gasteiger partial charge is 0.409 e. The predicted molar refractivity (Wildman–Crippen MR) is 64.5 cm³/mol. The molecule has 1 fully saturated rings. The van der Waals surface area contributed by atoms with Crippen molar-refractivity contribution in [3.8, 4) is 0 Å². The van der Waals surface area contributed by atoms with Gasteiger partial charge in [-0.25, -0.2) is 4.79 Å². The molecule has 0 saturated carbocycles. The summed E-state index contributed by atoms with van der Waals surface area (Å²) < 4.78 is 5.19. The van der Waals surface area contributed by atoms with Crippen molar-refractivity contribution >= 4 is 6.09 Å². The van der Waals surface area contributed by atoms with E-state index in [1.165, 1.54) is 0 Å². The van der Waals surface area contributed by atoms with Crippen molar-refractivity contribution in [3.05, 3.63) is 0 Å². The molecular weight excluding hydrogens is 204 g/mol. The molecule has 0 aliphatic carbocycles. The van der Waals surface area contributed by atoms with Crippen LogP contribution in [-0.4, -0.2) is 43.8 Å². The van der Waals surface area contributed by atoms with Crippen molar-refractivity contribution in [1.82, 2.24) is 10.2 Å². The number of hydrogen-bond acceptors (Lipinski definition) is 3. The number of carbonyl (C=O) groups excluding carboxylic acids is 1. The number of amides is 1. The van der Waals surface area contributed by atoms with Crippen LogP contribution in [0.5, 0.6) is 0 Å². The summed E-state index contributed by atoms with van der Waals surface area (Å²) in [4.78, 5) is 13.4. The van der Waals surface area contributed by atoms with Crippen molar-refractivity contribution in [2.24, 2.45) is 5.92 Å². The molecule has 94 valence electrons. The summed E-state index contributed by atoms with van der Waals surface area (Å²) in [6.07, 6.45) is 3.16. The van der Waals surface area contributed by atoms with Crippen molar-refractivity contribution in [2.75, 3.05) is 32.8 Å². The van der Waals surface area contributed by atoms with Crippen LogP contribution in [0.2, 0.25) is 0 Å². The van der Waals surface area contributed by atoms with E-state index in [2.05, 4.69) is 19.2 Å². The Hall–Kier alpha value is -0.770. The van der Waals surface area contributed by atoms with Gasteiger partial charge in [-0.3, -0.25) is 0 Å². The second-order valence-corrected chi connectivity index (χ2v) is 4.53. The summed E-state index contributed by atoms with van der Waals surface area (Å²) >= 11 is 0. The van der Waals surface area contributed by atoms with Crippen molar-refractivity contribution < 1.29 is 9.53 Å². The highest BCUT2D eigenvalue weighted by atomic mass is 16.6. The van der Waals surface area contributed by atoms with Gasteiger partial charge in [0, 0.05) is 19.6 Å². The fourth-order valence-electron chi connectivity index (χ4n) is 1.79. The number of ether oxygens (including phenoxy) is 1. The molecule has 0 atom stereocenters. The summed E-state index contributed by atoms with van der Waals surface area (Å²) in [7, 11) is 0. The lowest BCUT2D eigenvalue weighted by Gasteiger charge is -2.29. The Balaban J connectivity index is 2.06. The van der Waals surface area contributed by atoms with Crippen LogP contribution >= 0.6 is 0 Å². The molecule has 1 amide bonds. The van der Waals surface area contributed by atoms with Crippen molar-refractivity contribution in [1.29, 1.82) is 0 Å². The van der Waals surface area contributed by atoms with Crippen LogP contribution in [0.3, 0.4) is 0 Å². The van der Waals surface area contributed by atoms with E-state index in [1.807, 2.05) is 4.90 Å². The van der Waals surface area contributed by atoms with Crippen LogP contribution in [0.15, 0.2) is 0 Å². The Morgan fingerprint density at radius 3 is 2.69 bits per heavy atom. The van der Waals surface area contributed by atoms with E-state index in [-0.39, 0.29) is 6.09 Å². The summed E-state index contributed by atoms with van der Waals surface area (Å²) in [5.74, 6) is 0.746. The monoisotopic (exact) mass is 228 g/mol. The van der Waals surface area contributed by atoms with E-state index in [1.54, 1.807) is 0 Å². The Bertz CT molecular complexity index is 201. The molecule has 1 rings (SSSR count). The normalized spacial score (nSPS) is 17.5. The molecule has 0 aromatic carbocycles. The number of piperidine rings is 1. The van der Waals surface area contributed by atoms with Crippen LogP contribution in [0, 0.1) is 5.92 Å². The average Bonchev–Trinajstić information content (AvgIpc) is 2.29. The topological polar surface area (TPSA) is 41.6 Å². The number of likely N-dealkylation sites (tertiary alicyclic amines) is 1. The lowest BCUT2D eigenvalue weighted by atomic mass is 10.00. The first-order chi connectivity index (χ1) is 7.74. The average molecular weight is 228 g/mol. The zero-order valence-corrected chi connectivity index (χ0v) is 10.5. The van der Waals surface area contributed by atoms with Crippen LogP contribution < -0.4 is 5.32 Å². The summed E-state index contributed by atoms with van der Waals surface area (Å²) in [6.45, 7) is 8.27. The summed E-state index contributed by atoms with van der Waals surface area (Å²) in [5.41, 5.74) is 0. The maximum Gasteiger partial charge on any atom is 0.409 e. The van der Waals surface area contributed by atoms with Crippen molar-refractivity contribution in [3.63, 3.8) is 0 Å². The molecule has 0 aromatic heterocycles. The zero-order valence-electron chi connectivity index (χ0n) is 10.5. The number of nitrogens with zero attached hydrogens (tertiary/aromatic N) is 1. The lowest BCUT2D eigenvalue weighted by Crippen LogP contribution is -2.39. The third-order valence-corrected chi connectivity index (χ3v) is 2.97. The maximum absolute atomic E-state index is 11.6. The van der Waals surface area contributed by atoms with Gasteiger partial charge in [-0.15, -0.1) is 0 Å². The van der Waals surface area contributed by atoms with Gasteiger partial charge in [-0.05, 0) is 31.7 Å². The molecular formula is C12H24N2O2. The summed E-state index contributed by atoms with van der Waals surface area (Å²) in [5, 5.41) is 3.20. The van der Waals surface area contributed by atoms with Gasteiger partial charge in [-0.2, -0.15) is 0 Å². The molecule has 0 radical (unpaired) electrons. The maximum atomic E-state index is 11.6. The molecule has 1 N–H and O–H groups in total. The van der Waals surface area contributed by atoms with Crippen LogP contribution in [0.1, 0.15) is 33.1 Å². The molecule has 0 spiro atoms. The molecule has 1 saturated heterocycles. The second kappa shape index (κ2) is 7.49. The highest BCUT2D eigenvalue weighted by Gasteiger charge is 2.20. The Morgan fingerprint density at radius 1 is 1.38 bits per heavy atom. The van der Waals surface area contributed by atoms with Crippen LogP contribution in [0.25, 0.3) is 0 Å². The fraction of sp³-hybridized carbons (Fsp3) is 0.917. The van der Waals surface area contributed by atoms with E-state index in [0.717, 1.165) is 51.4 Å². The first-order valence-corrected chi connectivity index (χ1v) is 6.36. The molecule has 1 heterocycles. The molecule has 0 unspecified atom stereocenters. The fourth-order valence-corrected chi connectivity index (χ4v) is 1.79. The predicted octanol–water partition coefficient (Wildman–Crippen LogP) is 1.85. The van der Waals surface area contributed by atoms with Gasteiger partial charge in [0.25, 0.3) is 0 Å². The van der Waals surface area contributed by atoms with Crippen LogP contribution in [0.4, 0.5) is 4.79 Å². The molecule has 0 aromatic rings. The van der Waals surface area contributed by atoms with Crippen molar-refractivity contribution in [2.45, 2.75) is 33.1 Å². The van der Waals surface area contributed by atoms with E-state index in [9.17, 15) is 4.79 Å². The molecule has 16 heavy (non-hydrogen) atoms. The molecule has 1 aliphatic heterocycles. The van der Waals surface area contributed by atoms with E-state index < -0.39 is 0 Å². The first-order valence-electron chi connectivity index (χ1n) is 6.36. The Morgan fingerprint density at radius 2 is 2.06 bits per heavy atom. The SMILES string of the molecule is CCCNCCOC(=O)N1CCC(C)CC1. The van der Waals surface area contributed by atoms with Gasteiger partial charge < -0.3 is 15.0 Å². The van der Waals surface area contributed by atoms with E-state index >= 15 is 0 Å². The van der Waals surface area contributed by atoms with E-state index in [4.69, 9.17) is 4.74 Å². The van der Waals surface area contributed by atoms with Gasteiger partial charge in [-0.1, -0.05) is 13.8 Å². The summed E-state index contributed by atoms with van der Waals surface area (Å²) in [6, 6.07) is 0. The highest BCUT2D eigenvalue weighted by Crippen LogP contribution is 2.16. The molecule has 4 heteroatoms. The number of rotatable bonds is 5. The quantitative estimate of drug-likeness (QED) is 0.730. The minimum absolute atomic E-state index is 0.148. The minimum Gasteiger partial charge on any atom is -0.448 e. The van der Waals surface area contributed by atoms with Gasteiger partial charge >= 0.3 is 6.09 Å². The Labute approximate surface area is 98.3 Å². The number of nitrogens with one attached hydrogen (secondary N) is 1. The van der Waals surface area contributed by atoms with Gasteiger partial charge in [0.15, 0.2) is 0 Å². The number of hydrogen-bond donors (Lipinski definition) is 1. The third-order valence-electron chi connectivity index (χ3n) is 2.97. The van der Waals surface area contributed by atoms with Crippen LogP contribution in [-0.2, 0) is 4.74 Å². The molecule has 0 bridgehead atoms. The van der Waals surface area contributed by atoms with Gasteiger partial charge in [0.2, 0.25) is 0 Å². The van der Waals surface area contributed by atoms with Gasteiger partial charge in [0.05, 0.1) is 0 Å². The lowest BCUT2D eigenvalue weighted by molar-refractivity contribution is 0.0898. The molecule has 1 aliphatic rings. The largest absolute Gasteiger partial charge is 0.448 e. The molecule has 4 nitrogen and oxygen atoms in total. The standard InChI is InChI=1S/C12H24N2O2/c1-3-6-13-7-10-16-12(15)14-8-4-11(2)5-9-14/h11,13H,3-10H2,1-2H3.